The summed E-state index contributed by atoms with van der Waals surface area (Å²) in [4.78, 5) is 36.3. The number of rotatable bonds is 8. The summed E-state index contributed by atoms with van der Waals surface area (Å²) >= 11 is 0. The minimum Gasteiger partial charge on any atom is -0.445 e. The predicted molar refractivity (Wildman–Crippen MR) is 132 cm³/mol. The Balaban J connectivity index is 1.33. The first-order chi connectivity index (χ1) is 17.0. The number of carbonyl (C=O) groups is 2. The third kappa shape index (κ3) is 6.14. The number of hydrogen-bond donors (Lipinski definition) is 1. The van der Waals surface area contributed by atoms with Gasteiger partial charge in [-0.25, -0.2) is 9.59 Å². The number of aryl methyl sites for hydroxylation is 1. The van der Waals surface area contributed by atoms with Gasteiger partial charge in [0, 0.05) is 30.0 Å². The molecular weight excluding hydrogens is 446 g/mol. The maximum Gasteiger partial charge on any atom is 0.407 e. The van der Waals surface area contributed by atoms with Crippen LogP contribution in [0.3, 0.4) is 0 Å². The third-order valence-electron chi connectivity index (χ3n) is 5.46. The first-order valence-corrected chi connectivity index (χ1v) is 11.3. The molecule has 0 aliphatic heterocycles. The molecule has 1 aromatic heterocycles. The molecule has 7 heteroatoms. The summed E-state index contributed by atoms with van der Waals surface area (Å²) in [5.41, 5.74) is 3.00. The molecule has 0 saturated carbocycles. The Morgan fingerprint density at radius 1 is 0.943 bits per heavy atom. The smallest absolute Gasteiger partial charge is 0.407 e. The van der Waals surface area contributed by atoms with Crippen LogP contribution < -0.4 is 15.7 Å². The Morgan fingerprint density at radius 3 is 2.40 bits per heavy atom. The van der Waals surface area contributed by atoms with Gasteiger partial charge in [0.15, 0.2) is 0 Å². The fourth-order valence-electron chi connectivity index (χ4n) is 3.68. The number of ether oxygens (including phenoxy) is 2. The molecule has 3 aromatic carbocycles. The van der Waals surface area contributed by atoms with Crippen molar-refractivity contribution in [2.45, 2.75) is 26.4 Å². The van der Waals surface area contributed by atoms with Crippen LogP contribution in [0.2, 0.25) is 0 Å². The first kappa shape index (κ1) is 23.8. The number of esters is 1. The molecular formula is C28H25NO6. The second-order valence-corrected chi connectivity index (χ2v) is 7.98. The number of benzene rings is 3. The average Bonchev–Trinajstić information content (AvgIpc) is 2.88. The van der Waals surface area contributed by atoms with E-state index in [1.807, 2.05) is 60.7 Å². The highest BCUT2D eigenvalue weighted by atomic mass is 16.5. The number of carbonyl (C=O) groups excluding carboxylic acids is 2. The van der Waals surface area contributed by atoms with Crippen LogP contribution in [0.4, 0.5) is 4.79 Å². The molecule has 0 spiro atoms. The van der Waals surface area contributed by atoms with Gasteiger partial charge in [0.2, 0.25) is 0 Å². The molecule has 0 unspecified atom stereocenters. The molecule has 1 N–H and O–H groups in total. The molecule has 7 nitrogen and oxygen atoms in total. The lowest BCUT2D eigenvalue weighted by atomic mass is 10.0. The number of alkyl carbamates (subject to hydrolysis) is 1. The Bertz CT molecular complexity index is 1380. The van der Waals surface area contributed by atoms with E-state index in [9.17, 15) is 14.4 Å². The molecule has 0 fully saturated rings. The Morgan fingerprint density at radius 2 is 1.66 bits per heavy atom. The molecule has 4 rings (SSSR count). The van der Waals surface area contributed by atoms with E-state index in [2.05, 4.69) is 5.32 Å². The van der Waals surface area contributed by atoms with Crippen LogP contribution in [0.25, 0.3) is 22.1 Å². The van der Waals surface area contributed by atoms with Crippen molar-refractivity contribution in [2.24, 2.45) is 0 Å². The normalized spacial score (nSPS) is 10.7. The summed E-state index contributed by atoms with van der Waals surface area (Å²) in [6, 6.07) is 23.8. The van der Waals surface area contributed by atoms with Crippen molar-refractivity contribution < 1.29 is 23.5 Å². The summed E-state index contributed by atoms with van der Waals surface area (Å²) in [6.07, 6.45) is -0.0549. The zero-order valence-corrected chi connectivity index (χ0v) is 19.3. The maximum atomic E-state index is 12.4. The zero-order valence-electron chi connectivity index (χ0n) is 19.3. The topological polar surface area (TPSA) is 94.8 Å². The van der Waals surface area contributed by atoms with E-state index >= 15 is 0 Å². The van der Waals surface area contributed by atoms with Crippen LogP contribution in [-0.4, -0.2) is 18.6 Å². The Hall–Kier alpha value is -4.39. The maximum absolute atomic E-state index is 12.4. The van der Waals surface area contributed by atoms with E-state index in [-0.39, 0.29) is 19.6 Å². The zero-order chi connectivity index (χ0) is 24.6. The van der Waals surface area contributed by atoms with Crippen molar-refractivity contribution in [3.8, 4) is 16.9 Å². The minimum atomic E-state index is -0.545. The second-order valence-electron chi connectivity index (χ2n) is 7.98. The van der Waals surface area contributed by atoms with Crippen molar-refractivity contribution in [2.75, 3.05) is 6.54 Å². The number of hydrogen-bond acceptors (Lipinski definition) is 6. The van der Waals surface area contributed by atoms with Crippen LogP contribution in [-0.2, 0) is 16.1 Å². The first-order valence-electron chi connectivity index (χ1n) is 11.3. The predicted octanol–water partition coefficient (Wildman–Crippen LogP) is 5.38. The molecule has 0 aliphatic carbocycles. The van der Waals surface area contributed by atoms with Crippen molar-refractivity contribution in [3.63, 3.8) is 0 Å². The lowest BCUT2D eigenvalue weighted by molar-refractivity contribution is -0.134. The van der Waals surface area contributed by atoms with Crippen molar-refractivity contribution in [3.05, 3.63) is 100 Å². The number of nitrogens with one attached hydrogen (secondary N) is 1. The fraction of sp³-hybridized carbons (Fsp3) is 0.179. The molecule has 35 heavy (non-hydrogen) atoms. The second kappa shape index (κ2) is 11.2. The average molecular weight is 472 g/mol. The molecule has 0 bridgehead atoms. The van der Waals surface area contributed by atoms with Crippen molar-refractivity contribution >= 4 is 23.0 Å². The van der Waals surface area contributed by atoms with Gasteiger partial charge in [-0.1, -0.05) is 60.7 Å². The third-order valence-corrected chi connectivity index (χ3v) is 5.46. The van der Waals surface area contributed by atoms with Crippen LogP contribution in [0, 0.1) is 6.92 Å². The van der Waals surface area contributed by atoms with E-state index in [4.69, 9.17) is 13.9 Å². The molecule has 0 radical (unpaired) electrons. The minimum absolute atomic E-state index is 0.102. The molecule has 178 valence electrons. The van der Waals surface area contributed by atoms with Crippen molar-refractivity contribution in [1.82, 2.24) is 5.32 Å². The lowest BCUT2D eigenvalue weighted by Gasteiger charge is -2.12. The van der Waals surface area contributed by atoms with Crippen LogP contribution in [0.1, 0.15) is 24.0 Å². The summed E-state index contributed by atoms with van der Waals surface area (Å²) in [5.74, 6) is -0.125. The van der Waals surface area contributed by atoms with Gasteiger partial charge in [-0.3, -0.25) is 4.79 Å². The van der Waals surface area contributed by atoms with Gasteiger partial charge in [0.25, 0.3) is 0 Å². The van der Waals surface area contributed by atoms with Crippen LogP contribution >= 0.6 is 0 Å². The summed E-state index contributed by atoms with van der Waals surface area (Å²) in [6.45, 7) is 2.19. The highest BCUT2D eigenvalue weighted by Gasteiger charge is 2.15. The van der Waals surface area contributed by atoms with E-state index < -0.39 is 17.7 Å². The molecule has 0 aliphatic rings. The molecule has 1 amide bonds. The molecule has 0 saturated heterocycles. The van der Waals surface area contributed by atoms with Gasteiger partial charge >= 0.3 is 17.7 Å². The summed E-state index contributed by atoms with van der Waals surface area (Å²) in [5, 5.41) is 3.37. The molecule has 0 atom stereocenters. The largest absolute Gasteiger partial charge is 0.445 e. The van der Waals surface area contributed by atoms with E-state index in [0.29, 0.717) is 23.3 Å². The highest BCUT2D eigenvalue weighted by Crippen LogP contribution is 2.33. The standard InChI is InChI=1S/C28H25NO6/c1-19-24(15-14-22-23(17-26(31)35-27(19)22)21-11-6-3-7-12-21)34-25(30)13-8-16-29-28(32)33-18-20-9-4-2-5-10-20/h2-7,9-12,14-15,17H,8,13,16,18H2,1H3,(H,29,32). The lowest BCUT2D eigenvalue weighted by Crippen LogP contribution is -2.26. The van der Waals surface area contributed by atoms with Gasteiger partial charge in [-0.15, -0.1) is 0 Å². The monoisotopic (exact) mass is 471 g/mol. The summed E-state index contributed by atoms with van der Waals surface area (Å²) in [7, 11) is 0. The number of amides is 1. The van der Waals surface area contributed by atoms with E-state index in [1.165, 1.54) is 6.07 Å². The number of fused-ring (bicyclic) bond motifs is 1. The van der Waals surface area contributed by atoms with E-state index in [1.54, 1.807) is 19.1 Å². The van der Waals surface area contributed by atoms with Gasteiger partial charge in [0.05, 0.1) is 0 Å². The Kier molecular flexibility index (Phi) is 7.57. The van der Waals surface area contributed by atoms with E-state index in [0.717, 1.165) is 22.1 Å². The van der Waals surface area contributed by atoms with Gasteiger partial charge in [0.1, 0.15) is 17.9 Å². The van der Waals surface area contributed by atoms with Crippen molar-refractivity contribution in [1.29, 1.82) is 0 Å². The molecule has 4 aromatic rings. The SMILES string of the molecule is Cc1c(OC(=O)CCCNC(=O)OCc2ccccc2)ccc2c(-c3ccccc3)cc(=O)oc12. The van der Waals surface area contributed by atoms with Gasteiger partial charge in [-0.2, -0.15) is 0 Å². The van der Waals surface area contributed by atoms with Gasteiger partial charge < -0.3 is 19.2 Å². The van der Waals surface area contributed by atoms with Crippen LogP contribution in [0.5, 0.6) is 5.75 Å². The highest BCUT2D eigenvalue weighted by molar-refractivity contribution is 5.95. The van der Waals surface area contributed by atoms with Crippen LogP contribution in [0.15, 0.2) is 88.1 Å². The summed E-state index contributed by atoms with van der Waals surface area (Å²) < 4.78 is 16.1. The fourth-order valence-corrected chi connectivity index (χ4v) is 3.68. The molecule has 1 heterocycles. The Labute approximate surface area is 202 Å². The van der Waals surface area contributed by atoms with Gasteiger partial charge in [-0.05, 0) is 42.2 Å². The quantitative estimate of drug-likeness (QED) is 0.160.